The number of aromatic nitrogens is 1. The zero-order valence-corrected chi connectivity index (χ0v) is 16.9. The SMILES string of the molecule is C=C/C(=C\C=C/C)c1cccc(-n2c3ccccc3c3ccccc32)c1.CC. The van der Waals surface area contributed by atoms with Crippen molar-refractivity contribution in [2.75, 3.05) is 0 Å². The Hall–Kier alpha value is -3.32. The van der Waals surface area contributed by atoms with Crippen LogP contribution in [0.15, 0.2) is 104 Å². The molecule has 0 atom stereocenters. The molecule has 0 saturated heterocycles. The van der Waals surface area contributed by atoms with Gasteiger partial charge in [-0.05, 0) is 42.3 Å². The van der Waals surface area contributed by atoms with Crippen molar-refractivity contribution in [1.82, 2.24) is 4.57 Å². The first-order valence-corrected chi connectivity index (χ1v) is 9.88. The van der Waals surface area contributed by atoms with Gasteiger partial charge in [-0.2, -0.15) is 0 Å². The van der Waals surface area contributed by atoms with E-state index in [-0.39, 0.29) is 0 Å². The van der Waals surface area contributed by atoms with Crippen molar-refractivity contribution in [2.45, 2.75) is 20.8 Å². The Balaban J connectivity index is 0.00000109. The average Bonchev–Trinajstić information content (AvgIpc) is 3.10. The molecule has 0 radical (unpaired) electrons. The monoisotopic (exact) mass is 365 g/mol. The van der Waals surface area contributed by atoms with Crippen molar-refractivity contribution in [1.29, 1.82) is 0 Å². The van der Waals surface area contributed by atoms with Gasteiger partial charge < -0.3 is 4.57 Å². The molecular weight excluding hydrogens is 338 g/mol. The molecule has 1 nitrogen and oxygen atoms in total. The van der Waals surface area contributed by atoms with Crippen LogP contribution < -0.4 is 0 Å². The van der Waals surface area contributed by atoms with Crippen molar-refractivity contribution in [2.24, 2.45) is 0 Å². The van der Waals surface area contributed by atoms with E-state index in [1.54, 1.807) is 0 Å². The summed E-state index contributed by atoms with van der Waals surface area (Å²) >= 11 is 0. The van der Waals surface area contributed by atoms with Crippen molar-refractivity contribution in [3.8, 4) is 5.69 Å². The molecule has 0 bridgehead atoms. The molecule has 0 spiro atoms. The smallest absolute Gasteiger partial charge is 0.0541 e. The molecule has 1 heteroatoms. The van der Waals surface area contributed by atoms with Crippen molar-refractivity contribution < 1.29 is 0 Å². The maximum Gasteiger partial charge on any atom is 0.0541 e. The van der Waals surface area contributed by atoms with Gasteiger partial charge in [0, 0.05) is 16.5 Å². The number of hydrogen-bond donors (Lipinski definition) is 0. The second kappa shape index (κ2) is 9.05. The predicted octanol–water partition coefficient (Wildman–Crippen LogP) is 7.96. The summed E-state index contributed by atoms with van der Waals surface area (Å²) in [5, 5.41) is 2.56. The Bertz CT molecular complexity index is 1100. The second-order valence-corrected chi connectivity index (χ2v) is 6.27. The number of hydrogen-bond acceptors (Lipinski definition) is 0. The molecule has 0 amide bonds. The fraction of sp³-hybridized carbons (Fsp3) is 0.111. The number of para-hydroxylation sites is 2. The summed E-state index contributed by atoms with van der Waals surface area (Å²) in [6, 6.07) is 25.8. The molecule has 0 fully saturated rings. The molecule has 0 unspecified atom stereocenters. The molecule has 0 aliphatic heterocycles. The zero-order valence-electron chi connectivity index (χ0n) is 16.9. The quantitative estimate of drug-likeness (QED) is 0.323. The first-order valence-electron chi connectivity index (χ1n) is 9.88. The largest absolute Gasteiger partial charge is 0.309 e. The lowest BCUT2D eigenvalue weighted by atomic mass is 10.0. The molecule has 28 heavy (non-hydrogen) atoms. The maximum absolute atomic E-state index is 3.97. The van der Waals surface area contributed by atoms with Gasteiger partial charge in [-0.15, -0.1) is 0 Å². The van der Waals surface area contributed by atoms with Gasteiger partial charge in [0.1, 0.15) is 0 Å². The van der Waals surface area contributed by atoms with Gasteiger partial charge >= 0.3 is 0 Å². The van der Waals surface area contributed by atoms with Crippen LogP contribution in [-0.4, -0.2) is 4.57 Å². The van der Waals surface area contributed by atoms with E-state index in [0.29, 0.717) is 0 Å². The number of rotatable bonds is 4. The van der Waals surface area contributed by atoms with Gasteiger partial charge in [-0.1, -0.05) is 93.3 Å². The fourth-order valence-corrected chi connectivity index (χ4v) is 3.51. The van der Waals surface area contributed by atoms with Gasteiger partial charge in [0.25, 0.3) is 0 Å². The van der Waals surface area contributed by atoms with Crippen LogP contribution in [0.1, 0.15) is 26.3 Å². The van der Waals surface area contributed by atoms with E-state index in [1.165, 1.54) is 21.8 Å². The van der Waals surface area contributed by atoms with Crippen LogP contribution in [0.25, 0.3) is 33.1 Å². The first kappa shape index (κ1) is 19.4. The Labute approximate surface area is 167 Å². The lowest BCUT2D eigenvalue weighted by Crippen LogP contribution is -1.94. The summed E-state index contributed by atoms with van der Waals surface area (Å²) in [4.78, 5) is 0. The van der Waals surface area contributed by atoms with E-state index < -0.39 is 0 Å². The average molecular weight is 366 g/mol. The second-order valence-electron chi connectivity index (χ2n) is 6.27. The third-order valence-corrected chi connectivity index (χ3v) is 4.71. The molecular formula is C27H27N. The number of benzene rings is 3. The summed E-state index contributed by atoms with van der Waals surface area (Å²) in [6.07, 6.45) is 8.08. The minimum atomic E-state index is 1.12. The zero-order chi connectivity index (χ0) is 19.9. The van der Waals surface area contributed by atoms with Crippen LogP contribution in [0.5, 0.6) is 0 Å². The van der Waals surface area contributed by atoms with Crippen molar-refractivity contribution in [3.63, 3.8) is 0 Å². The molecule has 4 aromatic rings. The van der Waals surface area contributed by atoms with Gasteiger partial charge in [-0.25, -0.2) is 0 Å². The van der Waals surface area contributed by atoms with Crippen LogP contribution in [-0.2, 0) is 0 Å². The molecule has 0 N–H and O–H groups in total. The Morgan fingerprint density at radius 1 is 0.821 bits per heavy atom. The molecule has 1 aromatic heterocycles. The highest BCUT2D eigenvalue weighted by molar-refractivity contribution is 6.09. The van der Waals surface area contributed by atoms with Crippen molar-refractivity contribution in [3.05, 3.63) is 109 Å². The van der Waals surface area contributed by atoms with Crippen LogP contribution in [0.3, 0.4) is 0 Å². The fourth-order valence-electron chi connectivity index (χ4n) is 3.51. The molecule has 0 aliphatic rings. The summed E-state index contributed by atoms with van der Waals surface area (Å²) in [6.45, 7) is 9.99. The van der Waals surface area contributed by atoms with E-state index in [9.17, 15) is 0 Å². The van der Waals surface area contributed by atoms with Gasteiger partial charge in [0.15, 0.2) is 0 Å². The van der Waals surface area contributed by atoms with E-state index in [1.807, 2.05) is 39.0 Å². The van der Waals surface area contributed by atoms with Crippen LogP contribution in [0.2, 0.25) is 0 Å². The third kappa shape index (κ3) is 3.57. The lowest BCUT2D eigenvalue weighted by Gasteiger charge is -2.10. The molecule has 1 heterocycles. The molecule has 4 rings (SSSR count). The maximum atomic E-state index is 3.97. The molecule has 0 saturated carbocycles. The highest BCUT2D eigenvalue weighted by Crippen LogP contribution is 2.32. The van der Waals surface area contributed by atoms with Crippen LogP contribution in [0, 0.1) is 0 Å². The first-order chi connectivity index (χ1) is 13.8. The Morgan fingerprint density at radius 2 is 1.43 bits per heavy atom. The predicted molar refractivity (Wildman–Crippen MR) is 125 cm³/mol. The Morgan fingerprint density at radius 3 is 2.00 bits per heavy atom. The number of fused-ring (bicyclic) bond motifs is 3. The summed E-state index contributed by atoms with van der Waals surface area (Å²) in [5.41, 5.74) is 5.89. The lowest BCUT2D eigenvalue weighted by molar-refractivity contribution is 1.18. The van der Waals surface area contributed by atoms with Gasteiger partial charge in [0.2, 0.25) is 0 Å². The Kier molecular flexibility index (Phi) is 6.29. The van der Waals surface area contributed by atoms with E-state index >= 15 is 0 Å². The highest BCUT2D eigenvalue weighted by Gasteiger charge is 2.11. The van der Waals surface area contributed by atoms with Gasteiger partial charge in [0.05, 0.1) is 11.0 Å². The third-order valence-electron chi connectivity index (χ3n) is 4.71. The van der Waals surface area contributed by atoms with Crippen molar-refractivity contribution >= 4 is 27.4 Å². The molecule has 3 aromatic carbocycles. The summed E-state index contributed by atoms with van der Waals surface area (Å²) in [5.74, 6) is 0. The number of nitrogens with zero attached hydrogens (tertiary/aromatic N) is 1. The standard InChI is InChI=1S/C25H21N.C2H6/c1-3-5-11-19(4-2)20-12-10-13-21(18-20)26-24-16-8-6-14-22(24)23-15-7-9-17-25(23)26;1-2/h3-18H,2H2,1H3;1-2H3/b5-3-,19-11+;. The van der Waals surface area contributed by atoms with E-state index in [4.69, 9.17) is 0 Å². The number of allylic oxidation sites excluding steroid dienone is 5. The van der Waals surface area contributed by atoms with E-state index in [0.717, 1.165) is 16.8 Å². The normalized spacial score (nSPS) is 11.6. The molecule has 0 aliphatic carbocycles. The highest BCUT2D eigenvalue weighted by atomic mass is 15.0. The van der Waals surface area contributed by atoms with Crippen LogP contribution in [0.4, 0.5) is 0 Å². The summed E-state index contributed by atoms with van der Waals surface area (Å²) < 4.78 is 2.34. The van der Waals surface area contributed by atoms with Gasteiger partial charge in [-0.3, -0.25) is 0 Å². The topological polar surface area (TPSA) is 4.93 Å². The van der Waals surface area contributed by atoms with Crippen LogP contribution >= 0.6 is 0 Å². The molecule has 140 valence electrons. The minimum absolute atomic E-state index is 1.12. The van der Waals surface area contributed by atoms with E-state index in [2.05, 4.69) is 90.0 Å². The minimum Gasteiger partial charge on any atom is -0.309 e. The summed E-state index contributed by atoms with van der Waals surface area (Å²) in [7, 11) is 0.